The van der Waals surface area contributed by atoms with Crippen molar-refractivity contribution in [2.75, 3.05) is 13.7 Å². The summed E-state index contributed by atoms with van der Waals surface area (Å²) in [6.45, 7) is 3.36. The lowest BCUT2D eigenvalue weighted by molar-refractivity contribution is 0.189. The van der Waals surface area contributed by atoms with Gasteiger partial charge in [0.25, 0.3) is 0 Å². The summed E-state index contributed by atoms with van der Waals surface area (Å²) in [7, 11) is 1.69. The number of hydrogen-bond donors (Lipinski definition) is 0. The van der Waals surface area contributed by atoms with Gasteiger partial charge in [-0.05, 0) is 25.5 Å². The predicted molar refractivity (Wildman–Crippen MR) is 121 cm³/mol. The first kappa shape index (κ1) is 21.5. The number of nitrogens with zero attached hydrogens (tertiary/aromatic N) is 5. The van der Waals surface area contributed by atoms with Crippen LogP contribution in [-0.2, 0) is 11.3 Å². The van der Waals surface area contributed by atoms with Crippen molar-refractivity contribution in [2.24, 2.45) is 0 Å². The average Bonchev–Trinajstić information content (AvgIpc) is 3.43. The Labute approximate surface area is 189 Å². The van der Waals surface area contributed by atoms with E-state index >= 15 is 0 Å². The summed E-state index contributed by atoms with van der Waals surface area (Å²) in [4.78, 5) is 4.56. The number of halogens is 1. The Morgan fingerprint density at radius 3 is 2.65 bits per heavy atom. The van der Waals surface area contributed by atoms with Crippen LogP contribution in [0.15, 0.2) is 64.3 Å². The molecular formula is C22H22ClN5O2S. The molecule has 2 aromatic heterocycles. The van der Waals surface area contributed by atoms with Gasteiger partial charge in [0.15, 0.2) is 11.0 Å². The van der Waals surface area contributed by atoms with Crippen molar-refractivity contribution in [3.63, 3.8) is 0 Å². The molecule has 4 aromatic rings. The van der Waals surface area contributed by atoms with Gasteiger partial charge in [-0.15, -0.1) is 10.2 Å². The molecule has 0 saturated heterocycles. The quantitative estimate of drug-likeness (QED) is 0.242. The summed E-state index contributed by atoms with van der Waals surface area (Å²) in [5.74, 6) is 1.84. The van der Waals surface area contributed by atoms with Gasteiger partial charge in [-0.3, -0.25) is 0 Å². The topological polar surface area (TPSA) is 78.9 Å². The van der Waals surface area contributed by atoms with Crippen LogP contribution >= 0.6 is 23.4 Å². The number of hydrogen-bond acceptors (Lipinski definition) is 7. The SMILES string of the molecule is COCCCn1c(SC(C)c2nc(-c3ccccc3)no2)nnc1-c1ccccc1Cl. The largest absolute Gasteiger partial charge is 0.385 e. The fraction of sp³-hybridized carbons (Fsp3) is 0.273. The maximum Gasteiger partial charge on any atom is 0.240 e. The number of thioether (sulfide) groups is 1. The van der Waals surface area contributed by atoms with Gasteiger partial charge in [0.05, 0.1) is 10.3 Å². The highest BCUT2D eigenvalue weighted by Crippen LogP contribution is 2.36. The Balaban J connectivity index is 1.59. The monoisotopic (exact) mass is 455 g/mol. The number of benzene rings is 2. The van der Waals surface area contributed by atoms with Crippen LogP contribution in [0.1, 0.15) is 24.5 Å². The molecule has 7 nitrogen and oxygen atoms in total. The Morgan fingerprint density at radius 1 is 1.10 bits per heavy atom. The molecule has 1 unspecified atom stereocenters. The van der Waals surface area contributed by atoms with Gasteiger partial charge >= 0.3 is 0 Å². The van der Waals surface area contributed by atoms with Gasteiger partial charge in [-0.1, -0.05) is 71.0 Å². The number of aromatic nitrogens is 5. The molecule has 2 aromatic carbocycles. The fourth-order valence-corrected chi connectivity index (χ4v) is 4.23. The van der Waals surface area contributed by atoms with Crippen molar-refractivity contribution in [3.05, 3.63) is 65.5 Å². The lowest BCUT2D eigenvalue weighted by Crippen LogP contribution is -2.06. The molecule has 0 aliphatic rings. The number of ether oxygens (including phenoxy) is 1. The molecule has 1 atom stereocenters. The van der Waals surface area contributed by atoms with Crippen LogP contribution in [0.5, 0.6) is 0 Å². The third-order valence-electron chi connectivity index (χ3n) is 4.67. The highest BCUT2D eigenvalue weighted by atomic mass is 35.5. The average molecular weight is 456 g/mol. The number of rotatable bonds is 9. The molecule has 160 valence electrons. The molecule has 0 spiro atoms. The summed E-state index contributed by atoms with van der Waals surface area (Å²) in [6, 6.07) is 17.4. The maximum absolute atomic E-state index is 6.42. The van der Waals surface area contributed by atoms with E-state index < -0.39 is 0 Å². The minimum absolute atomic E-state index is 0.102. The molecule has 9 heteroatoms. The predicted octanol–water partition coefficient (Wildman–Crippen LogP) is 5.54. The van der Waals surface area contributed by atoms with Gasteiger partial charge in [-0.25, -0.2) is 0 Å². The second-order valence-corrected chi connectivity index (χ2v) is 8.58. The van der Waals surface area contributed by atoms with Crippen LogP contribution in [0.3, 0.4) is 0 Å². The second kappa shape index (κ2) is 10.1. The Kier molecular flexibility index (Phi) is 7.01. The highest BCUT2D eigenvalue weighted by Gasteiger charge is 2.22. The molecule has 0 amide bonds. The second-order valence-electron chi connectivity index (χ2n) is 6.87. The van der Waals surface area contributed by atoms with E-state index in [1.807, 2.05) is 61.5 Å². The zero-order valence-electron chi connectivity index (χ0n) is 17.2. The highest BCUT2D eigenvalue weighted by molar-refractivity contribution is 7.99. The summed E-state index contributed by atoms with van der Waals surface area (Å²) in [6.07, 6.45) is 0.826. The molecule has 0 bridgehead atoms. The van der Waals surface area contributed by atoms with E-state index in [0.29, 0.717) is 29.9 Å². The zero-order chi connectivity index (χ0) is 21.6. The maximum atomic E-state index is 6.42. The summed E-state index contributed by atoms with van der Waals surface area (Å²) in [5, 5.41) is 14.3. The van der Waals surface area contributed by atoms with Gasteiger partial charge < -0.3 is 13.8 Å². The molecule has 0 N–H and O–H groups in total. The third kappa shape index (κ3) is 4.98. The molecule has 0 aliphatic heterocycles. The van der Waals surface area contributed by atoms with E-state index in [0.717, 1.165) is 28.5 Å². The number of methoxy groups -OCH3 is 1. The van der Waals surface area contributed by atoms with E-state index in [1.54, 1.807) is 7.11 Å². The molecule has 0 radical (unpaired) electrons. The van der Waals surface area contributed by atoms with Crippen LogP contribution in [0.2, 0.25) is 5.02 Å². The summed E-state index contributed by atoms with van der Waals surface area (Å²) >= 11 is 7.94. The summed E-state index contributed by atoms with van der Waals surface area (Å²) < 4.78 is 12.8. The third-order valence-corrected chi connectivity index (χ3v) is 6.06. The first-order valence-corrected chi connectivity index (χ1v) is 11.2. The normalized spacial score (nSPS) is 12.2. The molecule has 2 heterocycles. The lowest BCUT2D eigenvalue weighted by atomic mass is 10.2. The summed E-state index contributed by atoms with van der Waals surface area (Å²) in [5.41, 5.74) is 1.76. The van der Waals surface area contributed by atoms with Crippen molar-refractivity contribution < 1.29 is 9.26 Å². The van der Waals surface area contributed by atoms with Crippen molar-refractivity contribution in [2.45, 2.75) is 30.3 Å². The van der Waals surface area contributed by atoms with Gasteiger partial charge in [0.1, 0.15) is 0 Å². The molecule has 0 aliphatic carbocycles. The van der Waals surface area contributed by atoms with Crippen molar-refractivity contribution in [1.29, 1.82) is 0 Å². The van der Waals surface area contributed by atoms with Crippen LogP contribution in [0.25, 0.3) is 22.8 Å². The van der Waals surface area contributed by atoms with E-state index in [4.69, 9.17) is 20.9 Å². The van der Waals surface area contributed by atoms with Crippen LogP contribution in [0, 0.1) is 0 Å². The zero-order valence-corrected chi connectivity index (χ0v) is 18.8. The fourth-order valence-electron chi connectivity index (χ4n) is 3.10. The van der Waals surface area contributed by atoms with Gasteiger partial charge in [0.2, 0.25) is 11.7 Å². The van der Waals surface area contributed by atoms with E-state index in [1.165, 1.54) is 11.8 Å². The standard InChI is InChI=1S/C22H22ClN5O2S/c1-15(21-24-19(27-30-21)16-9-4-3-5-10-16)31-22-26-25-20(28(22)13-8-14-29-2)17-11-6-7-12-18(17)23/h3-7,9-12,15H,8,13-14H2,1-2H3. The van der Waals surface area contributed by atoms with E-state index in [2.05, 4.69) is 24.9 Å². The minimum Gasteiger partial charge on any atom is -0.385 e. The van der Waals surface area contributed by atoms with E-state index in [-0.39, 0.29) is 5.25 Å². The molecule has 0 fully saturated rings. The van der Waals surface area contributed by atoms with Crippen molar-refractivity contribution >= 4 is 23.4 Å². The van der Waals surface area contributed by atoms with Crippen molar-refractivity contribution in [1.82, 2.24) is 24.9 Å². The van der Waals surface area contributed by atoms with Crippen molar-refractivity contribution in [3.8, 4) is 22.8 Å². The minimum atomic E-state index is -0.102. The first-order chi connectivity index (χ1) is 15.2. The van der Waals surface area contributed by atoms with Gasteiger partial charge in [-0.2, -0.15) is 4.98 Å². The van der Waals surface area contributed by atoms with E-state index in [9.17, 15) is 0 Å². The smallest absolute Gasteiger partial charge is 0.240 e. The Morgan fingerprint density at radius 2 is 1.87 bits per heavy atom. The van der Waals surface area contributed by atoms with Gasteiger partial charge in [0, 0.05) is 31.4 Å². The lowest BCUT2D eigenvalue weighted by Gasteiger charge is -2.12. The molecule has 31 heavy (non-hydrogen) atoms. The Bertz CT molecular complexity index is 1130. The molecule has 0 saturated carbocycles. The molecule has 4 rings (SSSR count). The van der Waals surface area contributed by atoms with Crippen LogP contribution in [-0.4, -0.2) is 38.6 Å². The van der Waals surface area contributed by atoms with Crippen LogP contribution in [0.4, 0.5) is 0 Å². The first-order valence-electron chi connectivity index (χ1n) is 9.90. The Hall–Kier alpha value is -2.68. The molecular weight excluding hydrogens is 434 g/mol. The van der Waals surface area contributed by atoms with Crippen LogP contribution < -0.4 is 0 Å².